The molecule has 2 aromatic rings. The number of anilines is 1. The number of Topliss-reactive ketones (excluding diaryl/α,β-unsaturated/α-hetero) is 1. The lowest BCUT2D eigenvalue weighted by molar-refractivity contribution is 0.101. The maximum absolute atomic E-state index is 11.2. The van der Waals surface area contributed by atoms with Crippen LogP contribution in [0.4, 0.5) is 5.69 Å². The van der Waals surface area contributed by atoms with Gasteiger partial charge in [-0.25, -0.2) is 0 Å². The van der Waals surface area contributed by atoms with Crippen LogP contribution in [0.3, 0.4) is 0 Å². The Morgan fingerprint density at radius 3 is 2.33 bits per heavy atom. The van der Waals surface area contributed by atoms with E-state index in [1.54, 1.807) is 18.3 Å². The molecule has 1 atom stereocenters. The van der Waals surface area contributed by atoms with Crippen LogP contribution in [0.2, 0.25) is 0 Å². The first-order valence-corrected chi connectivity index (χ1v) is 6.82. The average molecular weight is 259 g/mol. The third-order valence-corrected chi connectivity index (χ3v) is 4.05. The summed E-state index contributed by atoms with van der Waals surface area (Å²) >= 11 is 1.81. The molecule has 0 saturated heterocycles. The number of carbonyl (C=O) groups excluding carboxylic acids is 1. The molecule has 2 rings (SSSR count). The van der Waals surface area contributed by atoms with Gasteiger partial charge in [-0.15, -0.1) is 11.3 Å². The highest BCUT2D eigenvalue weighted by Gasteiger charge is 2.07. The van der Waals surface area contributed by atoms with E-state index in [0.29, 0.717) is 0 Å². The molecule has 0 aliphatic rings. The minimum absolute atomic E-state index is 0.100. The van der Waals surface area contributed by atoms with Gasteiger partial charge in [-0.05, 0) is 57.2 Å². The smallest absolute Gasteiger partial charge is 0.159 e. The predicted molar refractivity (Wildman–Crippen MR) is 77.5 cm³/mol. The normalized spacial score (nSPS) is 12.2. The Balaban J connectivity index is 2.07. The van der Waals surface area contributed by atoms with Gasteiger partial charge in [0.15, 0.2) is 5.78 Å². The van der Waals surface area contributed by atoms with Crippen LogP contribution in [0.15, 0.2) is 36.4 Å². The molecular weight excluding hydrogens is 242 g/mol. The standard InChI is InChI=1S/C15H17NOS/c1-10-4-9-15(18-10)11(2)16-14-7-5-13(6-8-14)12(3)17/h4-9,11,16H,1-3H3. The molecule has 2 nitrogen and oxygen atoms in total. The second-order valence-corrected chi connectivity index (χ2v) is 5.77. The summed E-state index contributed by atoms with van der Waals surface area (Å²) in [5.41, 5.74) is 1.79. The van der Waals surface area contributed by atoms with E-state index in [-0.39, 0.29) is 11.8 Å². The summed E-state index contributed by atoms with van der Waals surface area (Å²) < 4.78 is 0. The second-order valence-electron chi connectivity index (χ2n) is 4.45. The van der Waals surface area contributed by atoms with Crippen LogP contribution in [0.25, 0.3) is 0 Å². The molecule has 1 heterocycles. The highest BCUT2D eigenvalue weighted by Crippen LogP contribution is 2.25. The minimum Gasteiger partial charge on any atom is -0.378 e. The molecule has 1 N–H and O–H groups in total. The van der Waals surface area contributed by atoms with Crippen LogP contribution < -0.4 is 5.32 Å². The summed E-state index contributed by atoms with van der Waals surface area (Å²) in [7, 11) is 0. The van der Waals surface area contributed by atoms with Crippen molar-refractivity contribution in [3.05, 3.63) is 51.7 Å². The van der Waals surface area contributed by atoms with Gasteiger partial charge in [0.2, 0.25) is 0 Å². The first-order chi connectivity index (χ1) is 8.56. The lowest BCUT2D eigenvalue weighted by Gasteiger charge is -2.13. The molecule has 0 saturated carbocycles. The van der Waals surface area contributed by atoms with E-state index in [1.165, 1.54) is 9.75 Å². The van der Waals surface area contributed by atoms with Crippen molar-refractivity contribution in [2.75, 3.05) is 5.32 Å². The molecule has 1 aromatic heterocycles. The van der Waals surface area contributed by atoms with Gasteiger partial charge in [-0.2, -0.15) is 0 Å². The Hall–Kier alpha value is -1.61. The van der Waals surface area contributed by atoms with E-state index in [1.807, 2.05) is 24.3 Å². The van der Waals surface area contributed by atoms with Gasteiger partial charge in [0.25, 0.3) is 0 Å². The van der Waals surface area contributed by atoms with Crippen LogP contribution in [0, 0.1) is 6.92 Å². The van der Waals surface area contributed by atoms with E-state index >= 15 is 0 Å². The Bertz CT molecular complexity index is 542. The van der Waals surface area contributed by atoms with E-state index < -0.39 is 0 Å². The number of aryl methyl sites for hydroxylation is 1. The highest BCUT2D eigenvalue weighted by molar-refractivity contribution is 7.12. The summed E-state index contributed by atoms with van der Waals surface area (Å²) in [6.07, 6.45) is 0. The maximum Gasteiger partial charge on any atom is 0.159 e. The van der Waals surface area contributed by atoms with Crippen LogP contribution in [0.1, 0.15) is 40.0 Å². The molecule has 3 heteroatoms. The van der Waals surface area contributed by atoms with Gasteiger partial charge in [0.05, 0.1) is 6.04 Å². The number of ketones is 1. The lowest BCUT2D eigenvalue weighted by Crippen LogP contribution is -2.04. The largest absolute Gasteiger partial charge is 0.378 e. The molecule has 0 spiro atoms. The van der Waals surface area contributed by atoms with Crippen molar-refractivity contribution >= 4 is 22.8 Å². The monoisotopic (exact) mass is 259 g/mol. The fraction of sp³-hybridized carbons (Fsp3) is 0.267. The fourth-order valence-electron chi connectivity index (χ4n) is 1.81. The van der Waals surface area contributed by atoms with Crippen LogP contribution in [-0.4, -0.2) is 5.78 Å². The van der Waals surface area contributed by atoms with E-state index in [9.17, 15) is 4.79 Å². The SMILES string of the molecule is CC(=O)c1ccc(NC(C)c2ccc(C)s2)cc1. The van der Waals surface area contributed by atoms with Crippen LogP contribution in [0.5, 0.6) is 0 Å². The highest BCUT2D eigenvalue weighted by atomic mass is 32.1. The summed E-state index contributed by atoms with van der Waals surface area (Å²) in [5.74, 6) is 0.100. The zero-order chi connectivity index (χ0) is 13.1. The van der Waals surface area contributed by atoms with E-state index in [2.05, 4.69) is 31.3 Å². The third kappa shape index (κ3) is 2.99. The Morgan fingerprint density at radius 1 is 1.17 bits per heavy atom. The van der Waals surface area contributed by atoms with Crippen LogP contribution in [-0.2, 0) is 0 Å². The molecule has 1 unspecified atom stereocenters. The minimum atomic E-state index is 0.100. The Morgan fingerprint density at radius 2 is 1.83 bits per heavy atom. The van der Waals surface area contributed by atoms with Crippen molar-refractivity contribution in [2.24, 2.45) is 0 Å². The van der Waals surface area contributed by atoms with Gasteiger partial charge in [0.1, 0.15) is 0 Å². The number of nitrogens with one attached hydrogen (secondary N) is 1. The zero-order valence-corrected chi connectivity index (χ0v) is 11.7. The van der Waals surface area contributed by atoms with Gasteiger partial charge < -0.3 is 5.32 Å². The van der Waals surface area contributed by atoms with Crippen molar-refractivity contribution in [1.82, 2.24) is 0 Å². The van der Waals surface area contributed by atoms with Crippen molar-refractivity contribution in [3.63, 3.8) is 0 Å². The third-order valence-electron chi connectivity index (χ3n) is 2.86. The lowest BCUT2D eigenvalue weighted by atomic mass is 10.1. The zero-order valence-electron chi connectivity index (χ0n) is 10.9. The van der Waals surface area contributed by atoms with Gasteiger partial charge in [-0.3, -0.25) is 4.79 Å². The number of benzene rings is 1. The van der Waals surface area contributed by atoms with Gasteiger partial charge >= 0.3 is 0 Å². The van der Waals surface area contributed by atoms with Crippen molar-refractivity contribution in [3.8, 4) is 0 Å². The van der Waals surface area contributed by atoms with Crippen LogP contribution >= 0.6 is 11.3 Å². The molecule has 0 aliphatic carbocycles. The second kappa shape index (κ2) is 5.36. The van der Waals surface area contributed by atoms with E-state index in [0.717, 1.165) is 11.3 Å². The molecule has 18 heavy (non-hydrogen) atoms. The van der Waals surface area contributed by atoms with Crippen molar-refractivity contribution < 1.29 is 4.79 Å². The molecule has 0 aliphatic heterocycles. The Kier molecular flexibility index (Phi) is 3.82. The fourth-order valence-corrected chi connectivity index (χ4v) is 2.69. The Labute approximate surface area is 112 Å². The van der Waals surface area contributed by atoms with Crippen molar-refractivity contribution in [2.45, 2.75) is 26.8 Å². The summed E-state index contributed by atoms with van der Waals surface area (Å²) in [6.45, 7) is 5.84. The molecule has 0 bridgehead atoms. The first kappa shape index (κ1) is 12.8. The number of hydrogen-bond donors (Lipinski definition) is 1. The quantitative estimate of drug-likeness (QED) is 0.823. The van der Waals surface area contributed by atoms with Gasteiger partial charge in [-0.1, -0.05) is 0 Å². The summed E-state index contributed by atoms with van der Waals surface area (Å²) in [4.78, 5) is 13.8. The van der Waals surface area contributed by atoms with Gasteiger partial charge in [0, 0.05) is 21.0 Å². The molecule has 94 valence electrons. The first-order valence-electron chi connectivity index (χ1n) is 6.00. The summed E-state index contributed by atoms with van der Waals surface area (Å²) in [5, 5.41) is 3.44. The molecule has 0 fully saturated rings. The topological polar surface area (TPSA) is 29.1 Å². The number of hydrogen-bond acceptors (Lipinski definition) is 3. The number of thiophene rings is 1. The predicted octanol–water partition coefficient (Wildman–Crippen LogP) is 4.43. The van der Waals surface area contributed by atoms with E-state index in [4.69, 9.17) is 0 Å². The molecule has 1 aromatic carbocycles. The average Bonchev–Trinajstić information content (AvgIpc) is 2.76. The number of rotatable bonds is 4. The maximum atomic E-state index is 11.2. The summed E-state index contributed by atoms with van der Waals surface area (Å²) in [6, 6.07) is 12.2. The molecule has 0 radical (unpaired) electrons. The molecular formula is C15H17NOS. The number of carbonyl (C=O) groups is 1. The molecule has 0 amide bonds. The van der Waals surface area contributed by atoms with Crippen molar-refractivity contribution in [1.29, 1.82) is 0 Å².